The molecule has 2 aromatic carbocycles. The van der Waals surface area contributed by atoms with Gasteiger partial charge in [-0.15, -0.1) is 0 Å². The second-order valence-corrected chi connectivity index (χ2v) is 6.20. The summed E-state index contributed by atoms with van der Waals surface area (Å²) in [5.74, 6) is 2.82. The van der Waals surface area contributed by atoms with E-state index in [-0.39, 0.29) is 6.04 Å². The standard InChI is InChI=1S/C21H25NO4/c1-13-19-15(12-18(24-4)20(25-5)21(19)26-6)11-17(22(13)2)14-8-7-9-16(10-14)23-3/h7-13H,1-6H3. The molecule has 0 N–H and O–H groups in total. The molecule has 0 aliphatic carbocycles. The molecule has 3 rings (SSSR count). The van der Waals surface area contributed by atoms with Gasteiger partial charge in [-0.3, -0.25) is 0 Å². The first-order valence-electron chi connectivity index (χ1n) is 8.47. The van der Waals surface area contributed by atoms with Gasteiger partial charge in [0.1, 0.15) is 5.75 Å². The molecular formula is C21H25NO4. The number of hydrogen-bond acceptors (Lipinski definition) is 5. The largest absolute Gasteiger partial charge is 0.497 e. The summed E-state index contributed by atoms with van der Waals surface area (Å²) in [5.41, 5.74) is 4.35. The molecule has 0 radical (unpaired) electrons. The summed E-state index contributed by atoms with van der Waals surface area (Å²) in [6, 6.07) is 10.2. The van der Waals surface area contributed by atoms with Crippen LogP contribution in [0.2, 0.25) is 0 Å². The molecule has 1 aliphatic heterocycles. The molecule has 2 aromatic rings. The fourth-order valence-electron chi connectivity index (χ4n) is 3.47. The smallest absolute Gasteiger partial charge is 0.203 e. The molecule has 0 saturated carbocycles. The van der Waals surface area contributed by atoms with E-state index in [0.29, 0.717) is 17.2 Å². The van der Waals surface area contributed by atoms with Crippen molar-refractivity contribution in [1.29, 1.82) is 0 Å². The van der Waals surface area contributed by atoms with E-state index in [9.17, 15) is 0 Å². The highest BCUT2D eigenvalue weighted by molar-refractivity contribution is 5.86. The number of benzene rings is 2. The van der Waals surface area contributed by atoms with Gasteiger partial charge in [-0.2, -0.15) is 0 Å². The van der Waals surface area contributed by atoms with E-state index >= 15 is 0 Å². The van der Waals surface area contributed by atoms with Gasteiger partial charge in [-0.05, 0) is 36.8 Å². The van der Waals surface area contributed by atoms with E-state index in [0.717, 1.165) is 28.1 Å². The SMILES string of the molecule is COc1cccc(C2=Cc3cc(OC)c(OC)c(OC)c3C(C)N2C)c1. The Kier molecular flexibility index (Phi) is 4.98. The number of ether oxygens (including phenoxy) is 4. The number of nitrogens with zero attached hydrogens (tertiary/aromatic N) is 1. The fourth-order valence-corrected chi connectivity index (χ4v) is 3.47. The molecule has 5 heteroatoms. The van der Waals surface area contributed by atoms with E-state index < -0.39 is 0 Å². The molecule has 1 heterocycles. The highest BCUT2D eigenvalue weighted by Crippen LogP contribution is 2.49. The second kappa shape index (κ2) is 7.20. The van der Waals surface area contributed by atoms with E-state index in [4.69, 9.17) is 18.9 Å². The van der Waals surface area contributed by atoms with Crippen molar-refractivity contribution in [3.63, 3.8) is 0 Å². The summed E-state index contributed by atoms with van der Waals surface area (Å²) < 4.78 is 22.1. The topological polar surface area (TPSA) is 40.2 Å². The molecule has 0 amide bonds. The van der Waals surface area contributed by atoms with Crippen LogP contribution in [0.5, 0.6) is 23.0 Å². The molecule has 5 nitrogen and oxygen atoms in total. The van der Waals surface area contributed by atoms with Crippen LogP contribution in [0.25, 0.3) is 11.8 Å². The summed E-state index contributed by atoms with van der Waals surface area (Å²) in [7, 11) is 8.68. The maximum atomic E-state index is 5.69. The highest BCUT2D eigenvalue weighted by atomic mass is 16.5. The molecule has 1 unspecified atom stereocenters. The second-order valence-electron chi connectivity index (χ2n) is 6.20. The van der Waals surface area contributed by atoms with Gasteiger partial charge < -0.3 is 23.8 Å². The van der Waals surface area contributed by atoms with Crippen molar-refractivity contribution < 1.29 is 18.9 Å². The summed E-state index contributed by atoms with van der Waals surface area (Å²) in [5, 5.41) is 0. The lowest BCUT2D eigenvalue weighted by Crippen LogP contribution is -2.25. The predicted octanol–water partition coefficient (Wildman–Crippen LogP) is 4.23. The maximum Gasteiger partial charge on any atom is 0.203 e. The van der Waals surface area contributed by atoms with E-state index in [1.807, 2.05) is 24.3 Å². The van der Waals surface area contributed by atoms with Crippen LogP contribution < -0.4 is 18.9 Å². The lowest BCUT2D eigenvalue weighted by atomic mass is 9.91. The molecule has 138 valence electrons. The van der Waals surface area contributed by atoms with Crippen molar-refractivity contribution in [2.45, 2.75) is 13.0 Å². The minimum Gasteiger partial charge on any atom is -0.497 e. The van der Waals surface area contributed by atoms with Crippen molar-refractivity contribution >= 4 is 11.8 Å². The van der Waals surface area contributed by atoms with Crippen molar-refractivity contribution in [3.05, 3.63) is 47.0 Å². The summed E-state index contributed by atoms with van der Waals surface area (Å²) >= 11 is 0. The third kappa shape index (κ3) is 2.83. The predicted molar refractivity (Wildman–Crippen MR) is 103 cm³/mol. The molecule has 0 aromatic heterocycles. The Hall–Kier alpha value is -2.82. The van der Waals surface area contributed by atoms with Crippen molar-refractivity contribution in [1.82, 2.24) is 4.90 Å². The normalized spacial score (nSPS) is 15.8. The zero-order chi connectivity index (χ0) is 18.8. The van der Waals surface area contributed by atoms with Crippen LogP contribution in [0, 0.1) is 0 Å². The Labute approximate surface area is 154 Å². The maximum absolute atomic E-state index is 5.69. The molecule has 1 aliphatic rings. The van der Waals surface area contributed by atoms with E-state index in [2.05, 4.69) is 31.0 Å². The molecule has 0 saturated heterocycles. The van der Waals surface area contributed by atoms with Crippen LogP contribution in [0.4, 0.5) is 0 Å². The average Bonchev–Trinajstić information content (AvgIpc) is 2.68. The molecule has 1 atom stereocenters. The third-order valence-electron chi connectivity index (χ3n) is 4.94. The van der Waals surface area contributed by atoms with Gasteiger partial charge in [0.05, 0.1) is 34.5 Å². The van der Waals surface area contributed by atoms with Crippen molar-refractivity contribution in [2.24, 2.45) is 0 Å². The van der Waals surface area contributed by atoms with Crippen LogP contribution in [0.3, 0.4) is 0 Å². The minimum atomic E-state index is 0.103. The Morgan fingerprint density at radius 1 is 0.885 bits per heavy atom. The quantitative estimate of drug-likeness (QED) is 0.803. The van der Waals surface area contributed by atoms with Crippen LogP contribution >= 0.6 is 0 Å². The zero-order valence-electron chi connectivity index (χ0n) is 16.1. The molecule has 26 heavy (non-hydrogen) atoms. The van der Waals surface area contributed by atoms with Crippen LogP contribution in [-0.2, 0) is 0 Å². The Balaban J connectivity index is 2.23. The average molecular weight is 355 g/mol. The Morgan fingerprint density at radius 3 is 2.23 bits per heavy atom. The molecule has 0 fully saturated rings. The number of methoxy groups -OCH3 is 4. The van der Waals surface area contributed by atoms with Gasteiger partial charge in [-0.1, -0.05) is 12.1 Å². The van der Waals surface area contributed by atoms with Gasteiger partial charge in [0.15, 0.2) is 11.5 Å². The first-order valence-corrected chi connectivity index (χ1v) is 8.47. The van der Waals surface area contributed by atoms with Crippen LogP contribution in [0.1, 0.15) is 29.7 Å². The lowest BCUT2D eigenvalue weighted by molar-refractivity contribution is 0.308. The molecule has 0 spiro atoms. The van der Waals surface area contributed by atoms with Gasteiger partial charge in [0.2, 0.25) is 5.75 Å². The van der Waals surface area contributed by atoms with Crippen molar-refractivity contribution in [2.75, 3.05) is 35.5 Å². The number of hydrogen-bond donors (Lipinski definition) is 0. The first-order chi connectivity index (χ1) is 12.5. The van der Waals surface area contributed by atoms with Gasteiger partial charge in [0.25, 0.3) is 0 Å². The monoisotopic (exact) mass is 355 g/mol. The fraction of sp³-hybridized carbons (Fsp3) is 0.333. The summed E-state index contributed by atoms with van der Waals surface area (Å²) in [6.07, 6.45) is 2.15. The van der Waals surface area contributed by atoms with Crippen molar-refractivity contribution in [3.8, 4) is 23.0 Å². The van der Waals surface area contributed by atoms with Crippen LogP contribution in [0.15, 0.2) is 30.3 Å². The number of fused-ring (bicyclic) bond motifs is 1. The Morgan fingerprint density at radius 2 is 1.62 bits per heavy atom. The van der Waals surface area contributed by atoms with Gasteiger partial charge >= 0.3 is 0 Å². The first kappa shape index (κ1) is 18.0. The highest BCUT2D eigenvalue weighted by Gasteiger charge is 2.30. The van der Waals surface area contributed by atoms with E-state index in [1.165, 1.54) is 0 Å². The lowest BCUT2D eigenvalue weighted by Gasteiger charge is -2.36. The van der Waals surface area contributed by atoms with Gasteiger partial charge in [-0.25, -0.2) is 0 Å². The molecular weight excluding hydrogens is 330 g/mol. The summed E-state index contributed by atoms with van der Waals surface area (Å²) in [4.78, 5) is 2.23. The summed E-state index contributed by atoms with van der Waals surface area (Å²) in [6.45, 7) is 2.15. The zero-order valence-corrected chi connectivity index (χ0v) is 16.1. The third-order valence-corrected chi connectivity index (χ3v) is 4.94. The van der Waals surface area contributed by atoms with Crippen LogP contribution in [-0.4, -0.2) is 40.4 Å². The molecule has 0 bridgehead atoms. The van der Waals surface area contributed by atoms with Gasteiger partial charge in [0, 0.05) is 23.9 Å². The number of rotatable bonds is 5. The minimum absolute atomic E-state index is 0.103. The van der Waals surface area contributed by atoms with E-state index in [1.54, 1.807) is 28.4 Å². The Bertz CT molecular complexity index is 844.